The highest BCUT2D eigenvalue weighted by atomic mass is 16.6. The van der Waals surface area contributed by atoms with Crippen LogP contribution in [0, 0.1) is 23.7 Å². The number of nitrogens with one attached hydrogen (secondary N) is 1. The summed E-state index contributed by atoms with van der Waals surface area (Å²) in [6.07, 6.45) is 1.78. The minimum absolute atomic E-state index is 0.0398. The van der Waals surface area contributed by atoms with E-state index >= 15 is 0 Å². The Bertz CT molecular complexity index is 923. The molecule has 1 saturated heterocycles. The average Bonchev–Trinajstić information content (AvgIpc) is 3.32. The summed E-state index contributed by atoms with van der Waals surface area (Å²) in [6, 6.07) is 14.6. The second-order valence-corrected chi connectivity index (χ2v) is 7.69. The fourth-order valence-electron chi connectivity index (χ4n) is 5.03. The van der Waals surface area contributed by atoms with Gasteiger partial charge in [-0.3, -0.25) is 9.59 Å². The van der Waals surface area contributed by atoms with E-state index in [0.717, 1.165) is 12.8 Å². The van der Waals surface area contributed by atoms with Crippen LogP contribution in [0.1, 0.15) is 12.8 Å². The monoisotopic (exact) mass is 379 g/mol. The molecule has 2 saturated carbocycles. The standard InChI is InChI=1S/C22H21NO5/c1-26-16-4-2-3-5-17(16)27-14-8-6-13(7-9-14)23-21(24)19-12-10-15-18(11-12)28-22(25)20(15)19/h2-9,12,15,18-20H,10-11H2,1H3,(H,23,24)/t12-,15-,18+,19-,20-/m0/s1. The molecule has 5 rings (SSSR count). The zero-order valence-electron chi connectivity index (χ0n) is 15.5. The first-order valence-corrected chi connectivity index (χ1v) is 9.56. The van der Waals surface area contributed by atoms with Crippen molar-refractivity contribution in [3.63, 3.8) is 0 Å². The molecule has 6 heteroatoms. The van der Waals surface area contributed by atoms with Crippen LogP contribution >= 0.6 is 0 Å². The van der Waals surface area contributed by atoms with Crippen molar-refractivity contribution in [3.8, 4) is 17.2 Å². The average molecular weight is 379 g/mol. The lowest BCUT2D eigenvalue weighted by Crippen LogP contribution is -2.35. The van der Waals surface area contributed by atoms with Gasteiger partial charge in [0, 0.05) is 11.6 Å². The Labute approximate surface area is 162 Å². The highest BCUT2D eigenvalue weighted by Crippen LogP contribution is 2.57. The summed E-state index contributed by atoms with van der Waals surface area (Å²) in [7, 11) is 1.60. The molecule has 0 radical (unpaired) electrons. The van der Waals surface area contributed by atoms with Crippen molar-refractivity contribution in [2.75, 3.05) is 12.4 Å². The molecule has 1 N–H and O–H groups in total. The summed E-state index contributed by atoms with van der Waals surface area (Å²) >= 11 is 0. The lowest BCUT2D eigenvalue weighted by atomic mass is 9.79. The number of anilines is 1. The van der Waals surface area contributed by atoms with Crippen LogP contribution in [0.5, 0.6) is 17.2 Å². The zero-order valence-corrected chi connectivity index (χ0v) is 15.5. The summed E-state index contributed by atoms with van der Waals surface area (Å²) < 4.78 is 16.6. The lowest BCUT2D eigenvalue weighted by Gasteiger charge is -2.23. The second kappa shape index (κ2) is 6.55. The van der Waals surface area contributed by atoms with E-state index in [1.807, 2.05) is 24.3 Å². The van der Waals surface area contributed by atoms with E-state index < -0.39 is 0 Å². The Balaban J connectivity index is 1.27. The molecule has 6 nitrogen and oxygen atoms in total. The zero-order chi connectivity index (χ0) is 19.3. The van der Waals surface area contributed by atoms with Crippen LogP contribution < -0.4 is 14.8 Å². The molecule has 0 aromatic heterocycles. The number of benzene rings is 2. The highest BCUT2D eigenvalue weighted by Gasteiger charge is 2.63. The molecule has 1 aliphatic heterocycles. The Morgan fingerprint density at radius 1 is 1.07 bits per heavy atom. The summed E-state index contributed by atoms with van der Waals surface area (Å²) in [5.41, 5.74) is 0.683. The minimum Gasteiger partial charge on any atom is -0.493 e. The van der Waals surface area contributed by atoms with Crippen LogP contribution in [0.25, 0.3) is 0 Å². The Hall–Kier alpha value is -3.02. The van der Waals surface area contributed by atoms with Crippen LogP contribution in [0.4, 0.5) is 5.69 Å². The van der Waals surface area contributed by atoms with E-state index in [0.29, 0.717) is 22.9 Å². The molecule has 2 aromatic rings. The number of amides is 1. The summed E-state index contributed by atoms with van der Waals surface area (Å²) in [5, 5.41) is 2.96. The number of rotatable bonds is 5. The molecule has 2 bridgehead atoms. The largest absolute Gasteiger partial charge is 0.493 e. The molecular formula is C22H21NO5. The number of methoxy groups -OCH3 is 1. The maximum absolute atomic E-state index is 12.8. The van der Waals surface area contributed by atoms with Gasteiger partial charge in [0.1, 0.15) is 11.9 Å². The van der Waals surface area contributed by atoms with Crippen LogP contribution in [0.3, 0.4) is 0 Å². The Morgan fingerprint density at radius 3 is 2.57 bits per heavy atom. The summed E-state index contributed by atoms with van der Waals surface area (Å²) in [4.78, 5) is 24.9. The first-order chi connectivity index (χ1) is 13.6. The van der Waals surface area contributed by atoms with Crippen molar-refractivity contribution < 1.29 is 23.8 Å². The van der Waals surface area contributed by atoms with Gasteiger partial charge in [0.2, 0.25) is 5.91 Å². The molecule has 2 aromatic carbocycles. The number of esters is 1. The Morgan fingerprint density at radius 2 is 1.82 bits per heavy atom. The normalized spacial score (nSPS) is 29.5. The quantitative estimate of drug-likeness (QED) is 0.803. The molecule has 144 valence electrons. The number of fused-ring (bicyclic) bond motifs is 1. The number of hydrogen-bond acceptors (Lipinski definition) is 5. The summed E-state index contributed by atoms with van der Waals surface area (Å²) in [6.45, 7) is 0. The van der Waals surface area contributed by atoms with Gasteiger partial charge in [0.25, 0.3) is 0 Å². The number of carbonyl (C=O) groups excluding carboxylic acids is 2. The third-order valence-electron chi connectivity index (χ3n) is 6.20. The molecule has 3 fully saturated rings. The molecule has 1 heterocycles. The molecule has 5 atom stereocenters. The van der Waals surface area contributed by atoms with Gasteiger partial charge in [-0.15, -0.1) is 0 Å². The van der Waals surface area contributed by atoms with Gasteiger partial charge in [0.15, 0.2) is 11.5 Å². The molecule has 1 amide bonds. The fourth-order valence-corrected chi connectivity index (χ4v) is 5.03. The van der Waals surface area contributed by atoms with Gasteiger partial charge in [-0.1, -0.05) is 12.1 Å². The van der Waals surface area contributed by atoms with E-state index in [4.69, 9.17) is 14.2 Å². The molecule has 3 aliphatic rings. The summed E-state index contributed by atoms with van der Waals surface area (Å²) in [5.74, 6) is 1.56. The van der Waals surface area contributed by atoms with Crippen molar-refractivity contribution in [2.24, 2.45) is 23.7 Å². The SMILES string of the molecule is COc1ccccc1Oc1ccc(NC(=O)[C@H]2[C@H]3C[C@@H]4[C@@H]2C(=O)O[C@@H]4C3)cc1. The maximum atomic E-state index is 12.8. The van der Waals surface area contributed by atoms with Crippen LogP contribution in [-0.2, 0) is 14.3 Å². The van der Waals surface area contributed by atoms with Crippen molar-refractivity contribution in [2.45, 2.75) is 18.9 Å². The van der Waals surface area contributed by atoms with E-state index in [9.17, 15) is 9.59 Å². The number of carbonyl (C=O) groups is 2. The highest BCUT2D eigenvalue weighted by molar-refractivity contribution is 5.97. The third-order valence-corrected chi connectivity index (χ3v) is 6.20. The second-order valence-electron chi connectivity index (χ2n) is 7.69. The molecular weight excluding hydrogens is 358 g/mol. The van der Waals surface area contributed by atoms with E-state index in [-0.39, 0.29) is 41.7 Å². The topological polar surface area (TPSA) is 73.9 Å². The van der Waals surface area contributed by atoms with Crippen molar-refractivity contribution in [3.05, 3.63) is 48.5 Å². The number of para-hydroxylation sites is 2. The lowest BCUT2D eigenvalue weighted by molar-refractivity contribution is -0.145. The van der Waals surface area contributed by atoms with Crippen LogP contribution in [0.15, 0.2) is 48.5 Å². The fraction of sp³-hybridized carbons (Fsp3) is 0.364. The molecule has 28 heavy (non-hydrogen) atoms. The van der Waals surface area contributed by atoms with E-state index in [1.165, 1.54) is 0 Å². The predicted molar refractivity (Wildman–Crippen MR) is 101 cm³/mol. The number of hydrogen-bond donors (Lipinski definition) is 1. The molecule has 0 unspecified atom stereocenters. The smallest absolute Gasteiger partial charge is 0.310 e. The van der Waals surface area contributed by atoms with Gasteiger partial charge in [0.05, 0.1) is 18.9 Å². The van der Waals surface area contributed by atoms with Crippen LogP contribution in [0.2, 0.25) is 0 Å². The third kappa shape index (κ3) is 2.71. The first-order valence-electron chi connectivity index (χ1n) is 9.56. The molecule has 0 spiro atoms. The van der Waals surface area contributed by atoms with Crippen molar-refractivity contribution in [1.82, 2.24) is 0 Å². The minimum atomic E-state index is -0.277. The first kappa shape index (κ1) is 17.1. The van der Waals surface area contributed by atoms with Crippen molar-refractivity contribution >= 4 is 17.6 Å². The van der Waals surface area contributed by atoms with Crippen LogP contribution in [-0.4, -0.2) is 25.1 Å². The van der Waals surface area contributed by atoms with Gasteiger partial charge >= 0.3 is 5.97 Å². The van der Waals surface area contributed by atoms with E-state index in [2.05, 4.69) is 5.32 Å². The van der Waals surface area contributed by atoms with Gasteiger partial charge in [-0.25, -0.2) is 0 Å². The van der Waals surface area contributed by atoms with Gasteiger partial charge < -0.3 is 19.5 Å². The predicted octanol–water partition coefficient (Wildman–Crippen LogP) is 3.62. The maximum Gasteiger partial charge on any atom is 0.310 e. The number of ether oxygens (including phenoxy) is 3. The van der Waals surface area contributed by atoms with Crippen molar-refractivity contribution in [1.29, 1.82) is 0 Å². The Kier molecular flexibility index (Phi) is 4.00. The molecule has 2 aliphatic carbocycles. The van der Waals surface area contributed by atoms with Gasteiger partial charge in [-0.2, -0.15) is 0 Å². The van der Waals surface area contributed by atoms with Gasteiger partial charge in [-0.05, 0) is 55.2 Å². The van der Waals surface area contributed by atoms with E-state index in [1.54, 1.807) is 31.4 Å².